The first-order valence-corrected chi connectivity index (χ1v) is 7.89. The van der Waals surface area contributed by atoms with Crippen molar-refractivity contribution in [3.05, 3.63) is 23.3 Å². The summed E-state index contributed by atoms with van der Waals surface area (Å²) in [5.74, 6) is -0.968. The molecular weight excluding hydrogens is 274 g/mol. The first kappa shape index (κ1) is 15.2. The average molecular weight is 298 g/mol. The van der Waals surface area contributed by atoms with E-state index in [1.165, 1.54) is 12.7 Å². The summed E-state index contributed by atoms with van der Waals surface area (Å²) in [6.45, 7) is 2.13. The Morgan fingerprint density at radius 1 is 1.19 bits per heavy atom. The van der Waals surface area contributed by atoms with Gasteiger partial charge in [0.15, 0.2) is 5.83 Å². The van der Waals surface area contributed by atoms with Crippen LogP contribution >= 0.6 is 0 Å². The Labute approximate surface area is 125 Å². The number of hydrogen-bond donors (Lipinski definition) is 0. The highest BCUT2D eigenvalue weighted by molar-refractivity contribution is 5.31. The van der Waals surface area contributed by atoms with E-state index in [0.29, 0.717) is 25.7 Å². The molecule has 0 N–H and O–H groups in total. The van der Waals surface area contributed by atoms with Crippen LogP contribution in [0.3, 0.4) is 0 Å². The number of fused-ring (bicyclic) bond motifs is 2. The SMILES string of the molecule is COCOC12CCC(C3CC=C(C)CC3)(CC1)C(F)=C2F. The molecule has 0 aromatic rings. The van der Waals surface area contributed by atoms with E-state index in [1.54, 1.807) is 0 Å². The fraction of sp³-hybridized carbons (Fsp3) is 0.765. The fourth-order valence-electron chi connectivity index (χ4n) is 4.39. The van der Waals surface area contributed by atoms with Crippen LogP contribution in [-0.2, 0) is 9.47 Å². The van der Waals surface area contributed by atoms with Crippen molar-refractivity contribution >= 4 is 0 Å². The molecule has 0 spiro atoms. The number of hydrogen-bond acceptors (Lipinski definition) is 2. The number of allylic oxidation sites excluding steroid dienone is 3. The topological polar surface area (TPSA) is 18.5 Å². The van der Waals surface area contributed by atoms with Crippen LogP contribution in [0, 0.1) is 11.3 Å². The second kappa shape index (κ2) is 5.47. The quantitative estimate of drug-likeness (QED) is 0.547. The lowest BCUT2D eigenvalue weighted by Gasteiger charge is -2.53. The van der Waals surface area contributed by atoms with Crippen molar-refractivity contribution in [2.75, 3.05) is 13.9 Å². The van der Waals surface area contributed by atoms with E-state index in [9.17, 15) is 8.78 Å². The summed E-state index contributed by atoms with van der Waals surface area (Å²) in [6.07, 6.45) is 7.55. The first-order valence-electron chi connectivity index (χ1n) is 7.89. The average Bonchev–Trinajstić information content (AvgIpc) is 2.52. The predicted molar refractivity (Wildman–Crippen MR) is 76.9 cm³/mol. The van der Waals surface area contributed by atoms with E-state index < -0.39 is 22.7 Å². The van der Waals surface area contributed by atoms with E-state index in [4.69, 9.17) is 9.47 Å². The Bertz CT molecular complexity index is 473. The molecule has 0 radical (unpaired) electrons. The lowest BCUT2D eigenvalue weighted by atomic mass is 9.54. The lowest BCUT2D eigenvalue weighted by Crippen LogP contribution is -2.51. The Morgan fingerprint density at radius 3 is 2.48 bits per heavy atom. The van der Waals surface area contributed by atoms with Crippen LogP contribution in [-0.4, -0.2) is 19.5 Å². The summed E-state index contributed by atoms with van der Waals surface area (Å²) >= 11 is 0. The Hall–Kier alpha value is -0.740. The predicted octanol–water partition coefficient (Wildman–Crippen LogP) is 4.82. The fourth-order valence-corrected chi connectivity index (χ4v) is 4.39. The van der Waals surface area contributed by atoms with Crippen molar-refractivity contribution in [2.24, 2.45) is 11.3 Å². The molecule has 1 unspecified atom stereocenters. The van der Waals surface area contributed by atoms with Crippen LogP contribution in [0.4, 0.5) is 8.78 Å². The van der Waals surface area contributed by atoms with Crippen molar-refractivity contribution < 1.29 is 18.3 Å². The van der Waals surface area contributed by atoms with Crippen molar-refractivity contribution in [1.29, 1.82) is 0 Å². The molecule has 21 heavy (non-hydrogen) atoms. The summed E-state index contributed by atoms with van der Waals surface area (Å²) in [5.41, 5.74) is -0.279. The van der Waals surface area contributed by atoms with Crippen LogP contribution in [0.1, 0.15) is 51.9 Å². The molecular formula is C17H24F2O2. The standard InChI is InChI=1S/C17H24F2O2/c1-12-3-5-13(6-4-12)16-7-9-17(10-8-16,21-11-20-2)15(19)14(16)18/h3,13H,4-11H2,1-2H3. The molecule has 0 aliphatic heterocycles. The minimum absolute atomic E-state index is 0.0130. The summed E-state index contributed by atoms with van der Waals surface area (Å²) in [4.78, 5) is 0. The highest BCUT2D eigenvalue weighted by Crippen LogP contribution is 2.62. The third-order valence-corrected chi connectivity index (χ3v) is 5.85. The van der Waals surface area contributed by atoms with E-state index in [-0.39, 0.29) is 12.7 Å². The van der Waals surface area contributed by atoms with Gasteiger partial charge < -0.3 is 9.47 Å². The zero-order valence-electron chi connectivity index (χ0n) is 12.9. The molecule has 4 rings (SSSR count). The molecule has 0 heterocycles. The van der Waals surface area contributed by atoms with Gasteiger partial charge in [-0.25, -0.2) is 8.78 Å². The molecule has 2 nitrogen and oxygen atoms in total. The molecule has 2 bridgehead atoms. The van der Waals surface area contributed by atoms with Gasteiger partial charge in [-0.1, -0.05) is 11.6 Å². The number of ether oxygens (including phenoxy) is 2. The molecule has 0 aromatic carbocycles. The second-order valence-corrected chi connectivity index (χ2v) is 6.85. The van der Waals surface area contributed by atoms with Gasteiger partial charge in [0, 0.05) is 12.5 Å². The molecule has 1 fully saturated rings. The van der Waals surface area contributed by atoms with Gasteiger partial charge in [-0.05, 0) is 57.8 Å². The van der Waals surface area contributed by atoms with Crippen LogP contribution in [0.2, 0.25) is 0 Å². The largest absolute Gasteiger partial charge is 0.359 e. The third kappa shape index (κ3) is 2.27. The van der Waals surface area contributed by atoms with Gasteiger partial charge in [-0.2, -0.15) is 0 Å². The molecule has 1 atom stereocenters. The van der Waals surface area contributed by atoms with Crippen molar-refractivity contribution in [2.45, 2.75) is 57.5 Å². The Kier molecular flexibility index (Phi) is 3.95. The molecule has 1 saturated carbocycles. The van der Waals surface area contributed by atoms with E-state index >= 15 is 0 Å². The second-order valence-electron chi connectivity index (χ2n) is 6.85. The van der Waals surface area contributed by atoms with Gasteiger partial charge in [-0.15, -0.1) is 0 Å². The minimum Gasteiger partial charge on any atom is -0.359 e. The van der Waals surface area contributed by atoms with Crippen molar-refractivity contribution in [3.63, 3.8) is 0 Å². The molecule has 4 aliphatic carbocycles. The highest BCUT2D eigenvalue weighted by Gasteiger charge is 2.58. The maximum atomic E-state index is 14.8. The number of rotatable bonds is 4. The van der Waals surface area contributed by atoms with E-state index in [0.717, 1.165) is 19.3 Å². The zero-order valence-corrected chi connectivity index (χ0v) is 12.9. The molecule has 0 aromatic heterocycles. The van der Waals surface area contributed by atoms with Gasteiger partial charge in [-0.3, -0.25) is 0 Å². The molecule has 4 aliphatic rings. The van der Waals surface area contributed by atoms with Crippen molar-refractivity contribution in [3.8, 4) is 0 Å². The Morgan fingerprint density at radius 2 is 1.90 bits per heavy atom. The van der Waals surface area contributed by atoms with Gasteiger partial charge in [0.25, 0.3) is 0 Å². The summed E-state index contributed by atoms with van der Waals surface area (Å²) in [6, 6.07) is 0. The third-order valence-electron chi connectivity index (χ3n) is 5.85. The normalized spacial score (nSPS) is 39.6. The minimum atomic E-state index is -1.07. The summed E-state index contributed by atoms with van der Waals surface area (Å²) < 4.78 is 39.9. The molecule has 118 valence electrons. The monoisotopic (exact) mass is 298 g/mol. The van der Waals surface area contributed by atoms with Gasteiger partial charge in [0.05, 0.1) is 0 Å². The molecule has 0 amide bonds. The van der Waals surface area contributed by atoms with Crippen molar-refractivity contribution in [1.82, 2.24) is 0 Å². The molecule has 4 heteroatoms. The van der Waals surface area contributed by atoms with Crippen LogP contribution < -0.4 is 0 Å². The highest BCUT2D eigenvalue weighted by atomic mass is 19.2. The van der Waals surface area contributed by atoms with Crippen LogP contribution in [0.25, 0.3) is 0 Å². The first-order chi connectivity index (χ1) is 10.0. The number of methoxy groups -OCH3 is 1. The lowest BCUT2D eigenvalue weighted by molar-refractivity contribution is -0.163. The maximum Gasteiger partial charge on any atom is 0.164 e. The summed E-state index contributed by atoms with van der Waals surface area (Å²) in [5, 5.41) is 0. The van der Waals surface area contributed by atoms with Gasteiger partial charge >= 0.3 is 0 Å². The van der Waals surface area contributed by atoms with Crippen LogP contribution in [0.5, 0.6) is 0 Å². The molecule has 0 saturated heterocycles. The van der Waals surface area contributed by atoms with Gasteiger partial charge in [0.2, 0.25) is 0 Å². The zero-order chi connectivity index (χ0) is 15.1. The van der Waals surface area contributed by atoms with E-state index in [2.05, 4.69) is 13.0 Å². The smallest absolute Gasteiger partial charge is 0.164 e. The van der Waals surface area contributed by atoms with Crippen LogP contribution in [0.15, 0.2) is 23.3 Å². The maximum absolute atomic E-state index is 14.8. The van der Waals surface area contributed by atoms with Gasteiger partial charge in [0.1, 0.15) is 18.2 Å². The van der Waals surface area contributed by atoms with E-state index in [1.807, 2.05) is 0 Å². The summed E-state index contributed by atoms with van der Waals surface area (Å²) in [7, 11) is 1.50. The Balaban J connectivity index is 1.88. The number of halogens is 2.